The molecule has 2 aromatic rings. The van der Waals surface area contributed by atoms with Gasteiger partial charge in [-0.1, -0.05) is 32.6 Å². The lowest BCUT2D eigenvalue weighted by molar-refractivity contribution is -0.145. The molecule has 0 spiro atoms. The van der Waals surface area contributed by atoms with Gasteiger partial charge in [0.25, 0.3) is 0 Å². The van der Waals surface area contributed by atoms with Gasteiger partial charge in [-0.05, 0) is 55.8 Å². The van der Waals surface area contributed by atoms with E-state index in [4.69, 9.17) is 4.74 Å². The summed E-state index contributed by atoms with van der Waals surface area (Å²) in [5.41, 5.74) is 1.58. The smallest absolute Gasteiger partial charge is 0.309 e. The van der Waals surface area contributed by atoms with Crippen molar-refractivity contribution in [2.75, 3.05) is 33.3 Å². The number of carboxylic acid groups (broad SMARTS) is 1. The minimum atomic E-state index is -0.772. The van der Waals surface area contributed by atoms with Gasteiger partial charge in [-0.2, -0.15) is 0 Å². The number of carbonyl (C=O) groups is 1. The SMILES string of the molecule is CCCCCCCNC1CCN(C[C@H](O)c2ccnc3ccc(OC)cc23)CC1C(=O)O. The van der Waals surface area contributed by atoms with E-state index in [1.165, 1.54) is 25.7 Å². The number of aliphatic carboxylic acids is 1. The minimum absolute atomic E-state index is 0.0157. The molecule has 1 aromatic heterocycles. The highest BCUT2D eigenvalue weighted by molar-refractivity contribution is 5.83. The fourth-order valence-electron chi connectivity index (χ4n) is 4.60. The predicted octanol–water partition coefficient (Wildman–Crippen LogP) is 3.61. The Bertz CT molecular complexity index is 875. The Morgan fingerprint density at radius 2 is 2.09 bits per heavy atom. The number of hydrogen-bond acceptors (Lipinski definition) is 6. The molecule has 1 aliphatic heterocycles. The van der Waals surface area contributed by atoms with Gasteiger partial charge in [-0.15, -0.1) is 0 Å². The average Bonchev–Trinajstić information content (AvgIpc) is 2.81. The van der Waals surface area contributed by atoms with Crippen LogP contribution in [0.4, 0.5) is 0 Å². The number of methoxy groups -OCH3 is 1. The van der Waals surface area contributed by atoms with Crippen molar-refractivity contribution in [3.8, 4) is 5.75 Å². The number of β-amino-alcohol motifs (C(OH)–C–C–N with tert-alkyl or cyclic N) is 1. The van der Waals surface area contributed by atoms with E-state index in [2.05, 4.69) is 22.1 Å². The fourth-order valence-corrected chi connectivity index (χ4v) is 4.60. The molecule has 2 unspecified atom stereocenters. The van der Waals surface area contributed by atoms with Crippen molar-refractivity contribution in [3.63, 3.8) is 0 Å². The number of aliphatic hydroxyl groups excluding tert-OH is 1. The zero-order valence-corrected chi connectivity index (χ0v) is 19.3. The Morgan fingerprint density at radius 3 is 2.84 bits per heavy atom. The van der Waals surface area contributed by atoms with Crippen molar-refractivity contribution in [2.24, 2.45) is 5.92 Å². The van der Waals surface area contributed by atoms with Gasteiger partial charge < -0.3 is 20.3 Å². The molecular weight excluding hydrogens is 406 g/mol. The summed E-state index contributed by atoms with van der Waals surface area (Å²) in [6.45, 7) is 4.66. The molecule has 1 aromatic carbocycles. The first-order valence-corrected chi connectivity index (χ1v) is 11.8. The maximum atomic E-state index is 11.9. The van der Waals surface area contributed by atoms with Gasteiger partial charge in [0, 0.05) is 30.7 Å². The molecule has 2 heterocycles. The Balaban J connectivity index is 1.59. The van der Waals surface area contributed by atoms with Crippen LogP contribution in [0.15, 0.2) is 30.5 Å². The van der Waals surface area contributed by atoms with E-state index in [9.17, 15) is 15.0 Å². The monoisotopic (exact) mass is 443 g/mol. The van der Waals surface area contributed by atoms with E-state index in [0.717, 1.165) is 42.4 Å². The molecule has 176 valence electrons. The van der Waals surface area contributed by atoms with Crippen molar-refractivity contribution in [2.45, 2.75) is 57.6 Å². The number of carboxylic acids is 1. The van der Waals surface area contributed by atoms with E-state index in [-0.39, 0.29) is 6.04 Å². The van der Waals surface area contributed by atoms with Gasteiger partial charge in [0.2, 0.25) is 0 Å². The third-order valence-electron chi connectivity index (χ3n) is 6.47. The number of rotatable bonds is 12. The minimum Gasteiger partial charge on any atom is -0.497 e. The number of hydrogen-bond donors (Lipinski definition) is 3. The first kappa shape index (κ1) is 24.4. The van der Waals surface area contributed by atoms with Crippen LogP contribution < -0.4 is 10.1 Å². The Hall–Kier alpha value is -2.22. The molecule has 7 nitrogen and oxygen atoms in total. The number of ether oxygens (including phenoxy) is 1. The highest BCUT2D eigenvalue weighted by atomic mass is 16.5. The predicted molar refractivity (Wildman–Crippen MR) is 126 cm³/mol. The molecule has 0 bridgehead atoms. The van der Waals surface area contributed by atoms with Crippen LogP contribution in [-0.2, 0) is 4.79 Å². The molecule has 3 N–H and O–H groups in total. The summed E-state index contributed by atoms with van der Waals surface area (Å²) in [6, 6.07) is 7.43. The maximum absolute atomic E-state index is 11.9. The molecule has 1 saturated heterocycles. The number of piperidine rings is 1. The number of fused-ring (bicyclic) bond motifs is 1. The zero-order chi connectivity index (χ0) is 22.9. The van der Waals surface area contributed by atoms with E-state index in [1.807, 2.05) is 24.3 Å². The van der Waals surface area contributed by atoms with E-state index >= 15 is 0 Å². The number of unbranched alkanes of at least 4 members (excludes halogenated alkanes) is 4. The molecule has 3 atom stereocenters. The van der Waals surface area contributed by atoms with Gasteiger partial charge >= 0.3 is 5.97 Å². The maximum Gasteiger partial charge on any atom is 0.309 e. The Labute approximate surface area is 190 Å². The highest BCUT2D eigenvalue weighted by Crippen LogP contribution is 2.28. The Kier molecular flexibility index (Phi) is 9.26. The van der Waals surface area contributed by atoms with Gasteiger partial charge in [-0.3, -0.25) is 14.7 Å². The first-order chi connectivity index (χ1) is 15.5. The summed E-state index contributed by atoms with van der Waals surface area (Å²) in [4.78, 5) is 18.4. The summed E-state index contributed by atoms with van der Waals surface area (Å²) in [6.07, 6.45) is 7.74. The van der Waals surface area contributed by atoms with Crippen molar-refractivity contribution < 1.29 is 19.7 Å². The summed E-state index contributed by atoms with van der Waals surface area (Å²) in [5, 5.41) is 25.1. The van der Waals surface area contributed by atoms with Crippen LogP contribution in [0.5, 0.6) is 5.75 Å². The number of likely N-dealkylation sites (tertiary alicyclic amines) is 1. The molecular formula is C25H37N3O4. The molecule has 32 heavy (non-hydrogen) atoms. The van der Waals surface area contributed by atoms with E-state index in [1.54, 1.807) is 13.3 Å². The van der Waals surface area contributed by atoms with Crippen LogP contribution in [0.1, 0.15) is 57.1 Å². The molecule has 7 heteroatoms. The van der Waals surface area contributed by atoms with E-state index < -0.39 is 18.0 Å². The summed E-state index contributed by atoms with van der Waals surface area (Å²) < 4.78 is 5.33. The molecule has 3 rings (SSSR count). The summed E-state index contributed by atoms with van der Waals surface area (Å²) >= 11 is 0. The van der Waals surface area contributed by atoms with Crippen LogP contribution >= 0.6 is 0 Å². The lowest BCUT2D eigenvalue weighted by Crippen LogP contribution is -2.53. The third kappa shape index (κ3) is 6.40. The number of nitrogens with one attached hydrogen (secondary N) is 1. The van der Waals surface area contributed by atoms with Gasteiger partial charge in [0.15, 0.2) is 0 Å². The van der Waals surface area contributed by atoms with Crippen molar-refractivity contribution >= 4 is 16.9 Å². The molecule has 0 amide bonds. The molecule has 1 aliphatic rings. The largest absolute Gasteiger partial charge is 0.497 e. The first-order valence-electron chi connectivity index (χ1n) is 11.8. The van der Waals surface area contributed by atoms with Gasteiger partial charge in [-0.25, -0.2) is 0 Å². The van der Waals surface area contributed by atoms with Crippen molar-refractivity contribution in [1.29, 1.82) is 0 Å². The second-order valence-electron chi connectivity index (χ2n) is 8.77. The van der Waals surface area contributed by atoms with Crippen LogP contribution in [0, 0.1) is 5.92 Å². The third-order valence-corrected chi connectivity index (χ3v) is 6.47. The lowest BCUT2D eigenvalue weighted by atomic mass is 9.91. The van der Waals surface area contributed by atoms with Gasteiger partial charge in [0.1, 0.15) is 5.75 Å². The van der Waals surface area contributed by atoms with E-state index in [0.29, 0.717) is 18.8 Å². The highest BCUT2D eigenvalue weighted by Gasteiger charge is 2.34. The van der Waals surface area contributed by atoms with Crippen LogP contribution in [0.2, 0.25) is 0 Å². The number of pyridine rings is 1. The summed E-state index contributed by atoms with van der Waals surface area (Å²) in [7, 11) is 1.61. The van der Waals surface area contributed by atoms with Gasteiger partial charge in [0.05, 0.1) is 24.6 Å². The molecule has 0 radical (unpaired) electrons. The van der Waals surface area contributed by atoms with Crippen LogP contribution in [0.3, 0.4) is 0 Å². The number of aromatic nitrogens is 1. The quantitative estimate of drug-likeness (QED) is 0.431. The standard InChI is InChI=1S/C25H37N3O4/c1-3-4-5-6-7-12-26-23-11-14-28(16-21(23)25(30)31)17-24(29)19-10-13-27-22-9-8-18(32-2)15-20(19)22/h8-10,13,15,21,23-24,26,29H,3-7,11-12,14,16-17H2,1-2H3,(H,30,31)/t21?,23?,24-/m0/s1. The zero-order valence-electron chi connectivity index (χ0n) is 19.3. The topological polar surface area (TPSA) is 94.9 Å². The Morgan fingerprint density at radius 1 is 1.28 bits per heavy atom. The fraction of sp³-hybridized carbons (Fsp3) is 0.600. The van der Waals surface area contributed by atoms with Crippen LogP contribution in [-0.4, -0.2) is 65.4 Å². The number of nitrogens with zero attached hydrogens (tertiary/aromatic N) is 2. The lowest BCUT2D eigenvalue weighted by Gasteiger charge is -2.38. The van der Waals surface area contributed by atoms with Crippen LogP contribution in [0.25, 0.3) is 10.9 Å². The van der Waals surface area contributed by atoms with Crippen molar-refractivity contribution in [1.82, 2.24) is 15.2 Å². The normalized spacial score (nSPS) is 20.3. The molecule has 1 fully saturated rings. The second-order valence-corrected chi connectivity index (χ2v) is 8.77. The number of aliphatic hydroxyl groups is 1. The molecule has 0 saturated carbocycles. The summed E-state index contributed by atoms with van der Waals surface area (Å²) in [5.74, 6) is -0.529. The van der Waals surface area contributed by atoms with Crippen molar-refractivity contribution in [3.05, 3.63) is 36.0 Å². The average molecular weight is 444 g/mol. The number of benzene rings is 1. The molecule has 0 aliphatic carbocycles. The second kappa shape index (κ2) is 12.1.